The molecule has 1 rings (SSSR count). The number of nitrogens with two attached hydrogens (primary N) is 1. The van der Waals surface area contributed by atoms with Crippen molar-refractivity contribution in [2.45, 2.75) is 13.8 Å². The summed E-state index contributed by atoms with van der Waals surface area (Å²) in [7, 11) is 1.50. The van der Waals surface area contributed by atoms with Crippen LogP contribution in [0.1, 0.15) is 11.1 Å². The van der Waals surface area contributed by atoms with Gasteiger partial charge in [0.05, 0.1) is 0 Å². The van der Waals surface area contributed by atoms with Crippen LogP contribution in [-0.4, -0.2) is 13.5 Å². The van der Waals surface area contributed by atoms with Crippen LogP contribution in [0.15, 0.2) is 18.2 Å². The normalized spacial score (nSPS) is 8.31. The van der Waals surface area contributed by atoms with E-state index < -0.39 is 0 Å². The molecule has 0 unspecified atom stereocenters. The first kappa shape index (κ1) is 11.6. The Labute approximate surface area is 78.5 Å². The summed E-state index contributed by atoms with van der Waals surface area (Å²) in [6, 6.07) is 5.54. The van der Waals surface area contributed by atoms with E-state index in [-0.39, 0.29) is 0 Å². The van der Waals surface area contributed by atoms with Crippen LogP contribution in [0.4, 0.5) is 0 Å². The van der Waals surface area contributed by atoms with E-state index in [9.17, 15) is 4.79 Å². The Balaban J connectivity index is 0.000000671. The van der Waals surface area contributed by atoms with E-state index >= 15 is 0 Å². The lowest BCUT2D eigenvalue weighted by atomic mass is 10.1. The Morgan fingerprint density at radius 2 is 1.85 bits per heavy atom. The highest BCUT2D eigenvalue weighted by molar-refractivity contribution is 5.46. The third-order valence-corrected chi connectivity index (χ3v) is 1.66. The monoisotopic (exact) mass is 181 g/mol. The third-order valence-electron chi connectivity index (χ3n) is 1.66. The molecule has 0 bridgehead atoms. The van der Waals surface area contributed by atoms with E-state index in [0.29, 0.717) is 12.2 Å². The smallest absolute Gasteiger partial charge is 0.298 e. The van der Waals surface area contributed by atoms with Crippen molar-refractivity contribution in [3.63, 3.8) is 0 Å². The van der Waals surface area contributed by atoms with E-state index in [0.717, 1.165) is 5.56 Å². The molecular formula is C10H15NO2. The molecule has 1 aromatic carbocycles. The molecule has 0 aliphatic rings. The highest BCUT2D eigenvalue weighted by Crippen LogP contribution is 2.15. The van der Waals surface area contributed by atoms with Crippen molar-refractivity contribution in [2.75, 3.05) is 7.05 Å². The SMILES string of the molecule is CN.Cc1ccc(OC=O)cc1C. The second-order valence-electron chi connectivity index (χ2n) is 2.46. The lowest BCUT2D eigenvalue weighted by Gasteiger charge is -2.01. The minimum Gasteiger partial charge on any atom is -0.429 e. The van der Waals surface area contributed by atoms with Crippen molar-refractivity contribution in [3.8, 4) is 5.75 Å². The van der Waals surface area contributed by atoms with Crippen LogP contribution in [0.25, 0.3) is 0 Å². The maximum Gasteiger partial charge on any atom is 0.298 e. The molecule has 0 atom stereocenters. The molecule has 0 radical (unpaired) electrons. The zero-order valence-corrected chi connectivity index (χ0v) is 8.20. The van der Waals surface area contributed by atoms with Crippen LogP contribution in [0, 0.1) is 13.8 Å². The molecule has 3 nitrogen and oxygen atoms in total. The van der Waals surface area contributed by atoms with Crippen LogP contribution in [0.5, 0.6) is 5.75 Å². The van der Waals surface area contributed by atoms with Gasteiger partial charge in [-0.1, -0.05) is 6.07 Å². The standard InChI is InChI=1S/C9H10O2.CH5N/c1-7-3-4-9(11-6-10)5-8(7)2;1-2/h3-6H,1-2H3;2H2,1H3. The third kappa shape index (κ3) is 3.71. The molecule has 0 aliphatic heterocycles. The number of benzene rings is 1. The van der Waals surface area contributed by atoms with Gasteiger partial charge in [-0.3, -0.25) is 4.79 Å². The molecule has 0 heterocycles. The topological polar surface area (TPSA) is 52.3 Å². The zero-order chi connectivity index (χ0) is 10.3. The average molecular weight is 181 g/mol. The van der Waals surface area contributed by atoms with Crippen LogP contribution >= 0.6 is 0 Å². The highest BCUT2D eigenvalue weighted by atomic mass is 16.5. The van der Waals surface area contributed by atoms with E-state index in [4.69, 9.17) is 0 Å². The van der Waals surface area contributed by atoms with Crippen LogP contribution in [0.3, 0.4) is 0 Å². The Kier molecular flexibility index (Phi) is 5.55. The minimum atomic E-state index is 0.435. The molecule has 72 valence electrons. The van der Waals surface area contributed by atoms with E-state index in [1.54, 1.807) is 6.07 Å². The van der Waals surface area contributed by atoms with Gasteiger partial charge in [0.25, 0.3) is 6.47 Å². The van der Waals surface area contributed by atoms with Crippen molar-refractivity contribution in [1.29, 1.82) is 0 Å². The van der Waals surface area contributed by atoms with Gasteiger partial charge in [-0.05, 0) is 44.2 Å². The Morgan fingerprint density at radius 1 is 1.23 bits per heavy atom. The Bertz CT molecular complexity index is 272. The molecule has 0 fully saturated rings. The molecule has 13 heavy (non-hydrogen) atoms. The van der Waals surface area contributed by atoms with Crippen molar-refractivity contribution >= 4 is 6.47 Å². The van der Waals surface area contributed by atoms with Gasteiger partial charge in [0.1, 0.15) is 5.75 Å². The first-order valence-corrected chi connectivity index (χ1v) is 3.99. The summed E-state index contributed by atoms with van der Waals surface area (Å²) in [5, 5.41) is 0. The summed E-state index contributed by atoms with van der Waals surface area (Å²) in [5.74, 6) is 0.600. The summed E-state index contributed by atoms with van der Waals surface area (Å²) >= 11 is 0. The van der Waals surface area contributed by atoms with Gasteiger partial charge in [-0.15, -0.1) is 0 Å². The zero-order valence-electron chi connectivity index (χ0n) is 8.20. The maximum atomic E-state index is 9.95. The lowest BCUT2D eigenvalue weighted by Crippen LogP contribution is -1.89. The number of carbonyl (C=O) groups is 1. The molecule has 0 amide bonds. The number of rotatable bonds is 2. The number of carbonyl (C=O) groups excluding carboxylic acids is 1. The molecule has 0 spiro atoms. The van der Waals surface area contributed by atoms with Gasteiger partial charge in [-0.2, -0.15) is 0 Å². The molecule has 3 heteroatoms. The summed E-state index contributed by atoms with van der Waals surface area (Å²) < 4.78 is 4.66. The van der Waals surface area contributed by atoms with E-state index in [2.05, 4.69) is 10.5 Å². The van der Waals surface area contributed by atoms with Crippen molar-refractivity contribution in [3.05, 3.63) is 29.3 Å². The molecular weight excluding hydrogens is 166 g/mol. The van der Waals surface area contributed by atoms with Crippen molar-refractivity contribution in [2.24, 2.45) is 5.73 Å². The predicted octanol–water partition coefficient (Wildman–Crippen LogP) is 1.41. The summed E-state index contributed by atoms with van der Waals surface area (Å²) in [5.41, 5.74) is 6.83. The van der Waals surface area contributed by atoms with Gasteiger partial charge < -0.3 is 10.5 Å². The van der Waals surface area contributed by atoms with Gasteiger partial charge in [0.2, 0.25) is 0 Å². The van der Waals surface area contributed by atoms with Crippen LogP contribution in [0.2, 0.25) is 0 Å². The fraction of sp³-hybridized carbons (Fsp3) is 0.300. The summed E-state index contributed by atoms with van der Waals surface area (Å²) in [6.07, 6.45) is 0. The summed E-state index contributed by atoms with van der Waals surface area (Å²) in [4.78, 5) is 9.95. The molecule has 0 saturated heterocycles. The molecule has 2 N–H and O–H groups in total. The van der Waals surface area contributed by atoms with Crippen LogP contribution in [-0.2, 0) is 4.79 Å². The molecule has 1 aromatic rings. The average Bonchev–Trinajstić information content (AvgIpc) is 2.15. The van der Waals surface area contributed by atoms with Crippen LogP contribution < -0.4 is 10.5 Å². The fourth-order valence-corrected chi connectivity index (χ4v) is 0.843. The van der Waals surface area contributed by atoms with Gasteiger partial charge in [0.15, 0.2) is 0 Å². The van der Waals surface area contributed by atoms with Gasteiger partial charge in [-0.25, -0.2) is 0 Å². The van der Waals surface area contributed by atoms with Crippen molar-refractivity contribution in [1.82, 2.24) is 0 Å². The largest absolute Gasteiger partial charge is 0.429 e. The second-order valence-corrected chi connectivity index (χ2v) is 2.46. The molecule has 0 aromatic heterocycles. The Morgan fingerprint density at radius 3 is 2.31 bits per heavy atom. The first-order valence-electron chi connectivity index (χ1n) is 3.99. The second kappa shape index (κ2) is 6.20. The first-order chi connectivity index (χ1) is 6.24. The quantitative estimate of drug-likeness (QED) is 0.702. The van der Waals surface area contributed by atoms with Gasteiger partial charge >= 0.3 is 0 Å². The number of hydrogen-bond acceptors (Lipinski definition) is 3. The number of ether oxygens (including phenoxy) is 1. The number of hydrogen-bond donors (Lipinski definition) is 1. The minimum absolute atomic E-state index is 0.435. The highest BCUT2D eigenvalue weighted by Gasteiger charge is 1.94. The van der Waals surface area contributed by atoms with E-state index in [1.165, 1.54) is 12.6 Å². The lowest BCUT2D eigenvalue weighted by molar-refractivity contribution is -0.120. The van der Waals surface area contributed by atoms with E-state index in [1.807, 2.05) is 26.0 Å². The fourth-order valence-electron chi connectivity index (χ4n) is 0.843. The predicted molar refractivity (Wildman–Crippen MR) is 52.7 cm³/mol. The Hall–Kier alpha value is -1.35. The summed E-state index contributed by atoms with van der Waals surface area (Å²) in [6.45, 7) is 4.43. The van der Waals surface area contributed by atoms with Gasteiger partial charge in [0, 0.05) is 0 Å². The molecule has 0 saturated carbocycles. The number of aryl methyl sites for hydroxylation is 2. The molecule has 0 aliphatic carbocycles. The van der Waals surface area contributed by atoms with Crippen molar-refractivity contribution < 1.29 is 9.53 Å². The maximum absolute atomic E-state index is 9.95.